The number of fused-ring (bicyclic) bond motifs is 1. The molecule has 1 atom stereocenters. The molecule has 5 nitrogen and oxygen atoms in total. The molecular formula is C12H14N2O3. The second kappa shape index (κ2) is 4.86. The molecule has 1 unspecified atom stereocenters. The average molecular weight is 234 g/mol. The van der Waals surface area contributed by atoms with Crippen LogP contribution in [0.3, 0.4) is 0 Å². The van der Waals surface area contributed by atoms with E-state index < -0.39 is 12.1 Å². The van der Waals surface area contributed by atoms with E-state index >= 15 is 0 Å². The maximum Gasteiger partial charge on any atom is 0.407 e. The minimum absolute atomic E-state index is 0.208. The Morgan fingerprint density at radius 2 is 2.24 bits per heavy atom. The second-order valence-electron chi connectivity index (χ2n) is 3.81. The minimum atomic E-state index is -0.679. The Balaban J connectivity index is 2.33. The third-order valence-corrected chi connectivity index (χ3v) is 2.77. The van der Waals surface area contributed by atoms with Gasteiger partial charge in [-0.05, 0) is 17.5 Å². The van der Waals surface area contributed by atoms with Crippen molar-refractivity contribution in [2.45, 2.75) is 12.5 Å². The van der Waals surface area contributed by atoms with E-state index in [1.165, 1.54) is 7.11 Å². The van der Waals surface area contributed by atoms with Gasteiger partial charge in [0.25, 0.3) is 0 Å². The lowest BCUT2D eigenvalue weighted by molar-refractivity contribution is -0.122. The predicted octanol–water partition coefficient (Wildman–Crippen LogP) is 0.756. The van der Waals surface area contributed by atoms with Crippen molar-refractivity contribution in [3.63, 3.8) is 0 Å². The molecule has 90 valence electrons. The van der Waals surface area contributed by atoms with Crippen molar-refractivity contribution < 1.29 is 14.3 Å². The number of ether oxygens (including phenoxy) is 1. The zero-order valence-corrected chi connectivity index (χ0v) is 9.53. The summed E-state index contributed by atoms with van der Waals surface area (Å²) in [7, 11) is 1.27. The van der Waals surface area contributed by atoms with Crippen LogP contribution in [-0.4, -0.2) is 25.7 Å². The van der Waals surface area contributed by atoms with Crippen LogP contribution in [0.4, 0.5) is 4.79 Å². The molecule has 1 aromatic rings. The molecule has 0 saturated carbocycles. The molecule has 17 heavy (non-hydrogen) atoms. The first-order chi connectivity index (χ1) is 8.22. The number of carbonyl (C=O) groups is 2. The summed E-state index contributed by atoms with van der Waals surface area (Å²) in [5, 5.41) is 5.30. The molecule has 5 heteroatoms. The highest BCUT2D eigenvalue weighted by Crippen LogP contribution is 2.21. The van der Waals surface area contributed by atoms with Crippen LogP contribution in [0.2, 0.25) is 0 Å². The zero-order valence-electron chi connectivity index (χ0n) is 9.53. The fourth-order valence-corrected chi connectivity index (χ4v) is 1.93. The first kappa shape index (κ1) is 11.4. The molecule has 2 N–H and O–H groups in total. The van der Waals surface area contributed by atoms with Gasteiger partial charge in [-0.1, -0.05) is 24.3 Å². The maximum absolute atomic E-state index is 11.8. The number of carbonyl (C=O) groups excluding carboxylic acids is 2. The Morgan fingerprint density at radius 1 is 1.47 bits per heavy atom. The lowest BCUT2D eigenvalue weighted by atomic mass is 9.99. The maximum atomic E-state index is 11.8. The van der Waals surface area contributed by atoms with Crippen molar-refractivity contribution in [3.8, 4) is 0 Å². The summed E-state index contributed by atoms with van der Waals surface area (Å²) < 4.78 is 4.53. The highest BCUT2D eigenvalue weighted by molar-refractivity contribution is 5.87. The Kier molecular flexibility index (Phi) is 3.27. The Labute approximate surface area is 99.2 Å². The van der Waals surface area contributed by atoms with E-state index in [4.69, 9.17) is 0 Å². The Hall–Kier alpha value is -2.04. The number of hydrogen-bond donors (Lipinski definition) is 2. The molecule has 0 saturated heterocycles. The topological polar surface area (TPSA) is 67.4 Å². The van der Waals surface area contributed by atoms with E-state index in [0.717, 1.165) is 17.5 Å². The number of benzene rings is 1. The smallest absolute Gasteiger partial charge is 0.407 e. The van der Waals surface area contributed by atoms with Crippen LogP contribution >= 0.6 is 0 Å². The van der Waals surface area contributed by atoms with Crippen LogP contribution in [0.1, 0.15) is 17.2 Å². The zero-order chi connectivity index (χ0) is 12.3. The van der Waals surface area contributed by atoms with E-state index in [2.05, 4.69) is 15.4 Å². The Bertz CT molecular complexity index is 445. The van der Waals surface area contributed by atoms with Crippen molar-refractivity contribution >= 4 is 12.0 Å². The molecule has 0 fully saturated rings. The summed E-state index contributed by atoms with van der Waals surface area (Å²) in [6.07, 6.45) is 0.156. The van der Waals surface area contributed by atoms with Gasteiger partial charge in [0.15, 0.2) is 0 Å². The molecule has 1 aliphatic heterocycles. The van der Waals surface area contributed by atoms with Crippen LogP contribution in [0.15, 0.2) is 24.3 Å². The van der Waals surface area contributed by atoms with Gasteiger partial charge in [-0.25, -0.2) is 4.79 Å². The molecule has 1 aromatic carbocycles. The highest BCUT2D eigenvalue weighted by atomic mass is 16.5. The van der Waals surface area contributed by atoms with Crippen molar-refractivity contribution in [3.05, 3.63) is 35.4 Å². The standard InChI is InChI=1S/C12H14N2O3/c1-17-12(16)14-10-9-5-3-2-4-8(9)6-7-13-11(10)15/h2-5,10H,6-7H2,1H3,(H,13,15)(H,14,16). The third kappa shape index (κ3) is 2.38. The minimum Gasteiger partial charge on any atom is -0.453 e. The van der Waals surface area contributed by atoms with Crippen LogP contribution in [0, 0.1) is 0 Å². The molecule has 0 aliphatic carbocycles. The molecule has 1 heterocycles. The molecule has 1 aliphatic rings. The average Bonchev–Trinajstić information content (AvgIpc) is 2.50. The summed E-state index contributed by atoms with van der Waals surface area (Å²) in [4.78, 5) is 23.1. The normalized spacial score (nSPS) is 18.6. The molecule has 2 amide bonds. The van der Waals surface area contributed by atoms with Crippen molar-refractivity contribution in [2.75, 3.05) is 13.7 Å². The largest absolute Gasteiger partial charge is 0.453 e. The molecule has 0 bridgehead atoms. The monoisotopic (exact) mass is 234 g/mol. The van der Waals surface area contributed by atoms with Gasteiger partial charge in [0.1, 0.15) is 6.04 Å². The summed E-state index contributed by atoms with van der Waals surface area (Å²) in [5.41, 5.74) is 1.89. The third-order valence-electron chi connectivity index (χ3n) is 2.77. The van der Waals surface area contributed by atoms with Crippen LogP contribution < -0.4 is 10.6 Å². The lowest BCUT2D eigenvalue weighted by Gasteiger charge is -2.16. The van der Waals surface area contributed by atoms with Crippen LogP contribution in [0.25, 0.3) is 0 Å². The van der Waals surface area contributed by atoms with E-state index in [9.17, 15) is 9.59 Å². The number of alkyl carbamates (subject to hydrolysis) is 1. The number of nitrogens with one attached hydrogen (secondary N) is 2. The lowest BCUT2D eigenvalue weighted by Crippen LogP contribution is -2.39. The van der Waals surface area contributed by atoms with Crippen molar-refractivity contribution in [2.24, 2.45) is 0 Å². The molecule has 0 radical (unpaired) electrons. The van der Waals surface area contributed by atoms with Gasteiger partial charge in [0, 0.05) is 6.54 Å². The summed E-state index contributed by atoms with van der Waals surface area (Å²) in [5.74, 6) is -0.208. The van der Waals surface area contributed by atoms with E-state index in [1.54, 1.807) is 0 Å². The Morgan fingerprint density at radius 3 is 3.00 bits per heavy atom. The molecule has 0 spiro atoms. The number of methoxy groups -OCH3 is 1. The van der Waals surface area contributed by atoms with Gasteiger partial charge in [0.05, 0.1) is 7.11 Å². The first-order valence-electron chi connectivity index (χ1n) is 5.42. The van der Waals surface area contributed by atoms with Gasteiger partial charge < -0.3 is 15.4 Å². The van der Waals surface area contributed by atoms with Gasteiger partial charge in [0.2, 0.25) is 5.91 Å². The fraction of sp³-hybridized carbons (Fsp3) is 0.333. The number of rotatable bonds is 1. The quantitative estimate of drug-likeness (QED) is 0.753. The number of hydrogen-bond acceptors (Lipinski definition) is 3. The SMILES string of the molecule is COC(=O)NC1C(=O)NCCc2ccccc21. The second-order valence-corrected chi connectivity index (χ2v) is 3.81. The summed E-state index contributed by atoms with van der Waals surface area (Å²) in [6.45, 7) is 0.579. The van der Waals surface area contributed by atoms with Crippen molar-refractivity contribution in [1.82, 2.24) is 10.6 Å². The summed E-state index contributed by atoms with van der Waals surface area (Å²) >= 11 is 0. The van der Waals surface area contributed by atoms with E-state index in [0.29, 0.717) is 6.54 Å². The molecular weight excluding hydrogens is 220 g/mol. The molecule has 0 aromatic heterocycles. The summed E-state index contributed by atoms with van der Waals surface area (Å²) in [6, 6.07) is 6.90. The van der Waals surface area contributed by atoms with Crippen molar-refractivity contribution in [1.29, 1.82) is 0 Å². The first-order valence-corrected chi connectivity index (χ1v) is 5.42. The highest BCUT2D eigenvalue weighted by Gasteiger charge is 2.27. The van der Waals surface area contributed by atoms with E-state index in [-0.39, 0.29) is 5.91 Å². The predicted molar refractivity (Wildman–Crippen MR) is 61.4 cm³/mol. The van der Waals surface area contributed by atoms with Crippen LogP contribution in [0.5, 0.6) is 0 Å². The molecule has 2 rings (SSSR count). The van der Waals surface area contributed by atoms with Gasteiger partial charge in [-0.3, -0.25) is 4.79 Å². The van der Waals surface area contributed by atoms with Crippen LogP contribution in [-0.2, 0) is 16.0 Å². The van der Waals surface area contributed by atoms with E-state index in [1.807, 2.05) is 24.3 Å². The fourth-order valence-electron chi connectivity index (χ4n) is 1.93. The van der Waals surface area contributed by atoms with Gasteiger partial charge in [-0.15, -0.1) is 0 Å². The number of amides is 2. The van der Waals surface area contributed by atoms with Gasteiger partial charge >= 0.3 is 6.09 Å². The van der Waals surface area contributed by atoms with Gasteiger partial charge in [-0.2, -0.15) is 0 Å².